The Bertz CT molecular complexity index is 551. The smallest absolute Gasteiger partial charge is 0.131 e. The summed E-state index contributed by atoms with van der Waals surface area (Å²) in [6.07, 6.45) is 0. The number of methoxy groups -OCH3 is 1. The molecule has 0 aliphatic rings. The minimum Gasteiger partial charge on any atom is -0.496 e. The number of rotatable bonds is 3. The summed E-state index contributed by atoms with van der Waals surface area (Å²) in [5.41, 5.74) is 1.27. The van der Waals surface area contributed by atoms with E-state index in [9.17, 15) is 5.21 Å². The summed E-state index contributed by atoms with van der Waals surface area (Å²) in [6.45, 7) is 0. The summed E-state index contributed by atoms with van der Waals surface area (Å²) in [5.74, 6) is 0.681. The number of halogens is 1. The second-order valence-corrected chi connectivity index (χ2v) is 5.02. The van der Waals surface area contributed by atoms with Gasteiger partial charge in [0.25, 0.3) is 0 Å². The highest BCUT2D eigenvalue weighted by Gasteiger charge is 2.16. The molecule has 1 heterocycles. The van der Waals surface area contributed by atoms with E-state index >= 15 is 0 Å². The Morgan fingerprint density at radius 3 is 2.71 bits per heavy atom. The van der Waals surface area contributed by atoms with Crippen LogP contribution in [0.4, 0.5) is 0 Å². The molecule has 0 amide bonds. The van der Waals surface area contributed by atoms with E-state index in [-0.39, 0.29) is 0 Å². The molecule has 2 aromatic rings. The number of oxime groups is 1. The maximum Gasteiger partial charge on any atom is 0.131 e. The van der Waals surface area contributed by atoms with Crippen molar-refractivity contribution in [2.24, 2.45) is 5.16 Å². The van der Waals surface area contributed by atoms with Crippen LogP contribution in [0.1, 0.15) is 10.4 Å². The number of nitrogens with zero attached hydrogens (tertiary/aromatic N) is 1. The maximum atomic E-state index is 9.21. The van der Waals surface area contributed by atoms with Crippen LogP contribution in [0.5, 0.6) is 5.75 Å². The number of hydrogen-bond donors (Lipinski definition) is 1. The third kappa shape index (κ3) is 2.35. The van der Waals surface area contributed by atoms with Gasteiger partial charge >= 0.3 is 0 Å². The first-order valence-electron chi connectivity index (χ1n) is 4.86. The molecule has 0 spiro atoms. The van der Waals surface area contributed by atoms with E-state index in [1.165, 1.54) is 11.3 Å². The molecular weight excluding hydrogens is 302 g/mol. The fraction of sp³-hybridized carbons (Fsp3) is 0.0833. The monoisotopic (exact) mass is 311 g/mol. The lowest BCUT2D eigenvalue weighted by atomic mass is 10.1. The Labute approximate surface area is 111 Å². The fourth-order valence-corrected chi connectivity index (χ4v) is 3.08. The molecule has 0 aliphatic carbocycles. The molecule has 0 saturated carbocycles. The third-order valence-corrected chi connectivity index (χ3v) is 4.14. The predicted octanol–water partition coefficient (Wildman–Crippen LogP) is 3.75. The third-order valence-electron chi connectivity index (χ3n) is 2.29. The minimum absolute atomic E-state index is 0.504. The second kappa shape index (κ2) is 5.33. The molecule has 1 aromatic carbocycles. The van der Waals surface area contributed by atoms with Gasteiger partial charge in [0.2, 0.25) is 0 Å². The summed E-state index contributed by atoms with van der Waals surface area (Å²) < 4.78 is 6.17. The predicted molar refractivity (Wildman–Crippen MR) is 72.4 cm³/mol. The van der Waals surface area contributed by atoms with Crippen molar-refractivity contribution in [1.29, 1.82) is 0 Å². The van der Waals surface area contributed by atoms with Crippen molar-refractivity contribution in [2.75, 3.05) is 7.11 Å². The second-order valence-electron chi connectivity index (χ2n) is 3.25. The van der Waals surface area contributed by atoms with Crippen LogP contribution in [-0.4, -0.2) is 18.0 Å². The van der Waals surface area contributed by atoms with E-state index in [1.54, 1.807) is 7.11 Å². The zero-order chi connectivity index (χ0) is 12.3. The highest BCUT2D eigenvalue weighted by Crippen LogP contribution is 2.29. The zero-order valence-electron chi connectivity index (χ0n) is 9.05. The quantitative estimate of drug-likeness (QED) is 0.533. The lowest BCUT2D eigenvalue weighted by Crippen LogP contribution is -2.04. The first-order chi connectivity index (χ1) is 8.27. The SMILES string of the molecule is COc1ccccc1/C(=N\O)c1sccc1Br. The molecule has 17 heavy (non-hydrogen) atoms. The lowest BCUT2D eigenvalue weighted by Gasteiger charge is -2.08. The molecule has 3 nitrogen and oxygen atoms in total. The van der Waals surface area contributed by atoms with Gasteiger partial charge in [-0.2, -0.15) is 0 Å². The number of para-hydroxylation sites is 1. The number of hydrogen-bond acceptors (Lipinski definition) is 4. The standard InChI is InChI=1S/C12H10BrNO2S/c1-16-10-5-3-2-4-8(10)11(14-15)12-9(13)6-7-17-12/h2-7,15H,1H3/b14-11+. The van der Waals surface area contributed by atoms with E-state index in [4.69, 9.17) is 4.74 Å². The average Bonchev–Trinajstić information content (AvgIpc) is 2.78. The van der Waals surface area contributed by atoms with Crippen molar-refractivity contribution in [3.63, 3.8) is 0 Å². The van der Waals surface area contributed by atoms with Gasteiger partial charge in [-0.3, -0.25) is 0 Å². The normalized spacial score (nSPS) is 11.5. The van der Waals surface area contributed by atoms with Crippen molar-refractivity contribution >= 4 is 33.0 Å². The van der Waals surface area contributed by atoms with Crippen LogP contribution in [0.15, 0.2) is 45.3 Å². The largest absolute Gasteiger partial charge is 0.496 e. The van der Waals surface area contributed by atoms with Crippen molar-refractivity contribution < 1.29 is 9.94 Å². The Morgan fingerprint density at radius 2 is 2.12 bits per heavy atom. The lowest BCUT2D eigenvalue weighted by molar-refractivity contribution is 0.319. The van der Waals surface area contributed by atoms with Crippen molar-refractivity contribution in [3.05, 3.63) is 50.6 Å². The molecule has 88 valence electrons. The zero-order valence-corrected chi connectivity index (χ0v) is 11.5. The van der Waals surface area contributed by atoms with Crippen LogP contribution in [-0.2, 0) is 0 Å². The number of benzene rings is 1. The van der Waals surface area contributed by atoms with E-state index in [1.807, 2.05) is 35.7 Å². The first-order valence-corrected chi connectivity index (χ1v) is 6.54. The number of thiophene rings is 1. The maximum absolute atomic E-state index is 9.21. The Hall–Kier alpha value is -1.33. The Morgan fingerprint density at radius 1 is 1.35 bits per heavy atom. The van der Waals surface area contributed by atoms with Gasteiger partial charge in [-0.1, -0.05) is 17.3 Å². The van der Waals surface area contributed by atoms with Crippen molar-refractivity contribution in [1.82, 2.24) is 0 Å². The van der Waals surface area contributed by atoms with Crippen molar-refractivity contribution in [3.8, 4) is 5.75 Å². The van der Waals surface area contributed by atoms with Gasteiger partial charge in [0.1, 0.15) is 11.5 Å². The molecule has 1 N–H and O–H groups in total. The summed E-state index contributed by atoms with van der Waals surface area (Å²) in [5, 5.41) is 14.5. The Balaban J connectivity index is 2.54. The summed E-state index contributed by atoms with van der Waals surface area (Å²) in [7, 11) is 1.59. The van der Waals surface area contributed by atoms with Crippen LogP contribution in [0.3, 0.4) is 0 Å². The van der Waals surface area contributed by atoms with Crippen LogP contribution in [0.25, 0.3) is 0 Å². The van der Waals surface area contributed by atoms with Gasteiger partial charge in [0, 0.05) is 10.0 Å². The highest BCUT2D eigenvalue weighted by molar-refractivity contribution is 9.10. The molecule has 5 heteroatoms. The van der Waals surface area contributed by atoms with Gasteiger partial charge < -0.3 is 9.94 Å². The average molecular weight is 312 g/mol. The van der Waals surface area contributed by atoms with Crippen LogP contribution >= 0.6 is 27.3 Å². The van der Waals surface area contributed by atoms with Gasteiger partial charge in [-0.05, 0) is 39.5 Å². The topological polar surface area (TPSA) is 41.8 Å². The molecule has 0 fully saturated rings. The van der Waals surface area contributed by atoms with Gasteiger partial charge in [0.05, 0.1) is 12.0 Å². The van der Waals surface area contributed by atoms with E-state index in [0.29, 0.717) is 11.5 Å². The first kappa shape index (κ1) is 12.1. The van der Waals surface area contributed by atoms with Crippen LogP contribution in [0.2, 0.25) is 0 Å². The highest BCUT2D eigenvalue weighted by atomic mass is 79.9. The molecule has 0 unspecified atom stereocenters. The minimum atomic E-state index is 0.504. The molecule has 0 atom stereocenters. The Kier molecular flexibility index (Phi) is 3.81. The molecular formula is C12H10BrNO2S. The number of ether oxygens (including phenoxy) is 1. The van der Waals surface area contributed by atoms with E-state index in [2.05, 4.69) is 21.1 Å². The summed E-state index contributed by atoms with van der Waals surface area (Å²) in [4.78, 5) is 0.872. The van der Waals surface area contributed by atoms with Crippen LogP contribution < -0.4 is 4.74 Å². The fourth-order valence-electron chi connectivity index (χ4n) is 1.52. The molecule has 0 radical (unpaired) electrons. The molecule has 0 bridgehead atoms. The molecule has 1 aromatic heterocycles. The van der Waals surface area contributed by atoms with Crippen molar-refractivity contribution in [2.45, 2.75) is 0 Å². The molecule has 0 aliphatic heterocycles. The van der Waals surface area contributed by atoms with Gasteiger partial charge in [-0.15, -0.1) is 11.3 Å². The summed E-state index contributed by atoms with van der Waals surface area (Å²) >= 11 is 4.93. The molecule has 2 rings (SSSR count). The van der Waals surface area contributed by atoms with Gasteiger partial charge in [0.15, 0.2) is 0 Å². The summed E-state index contributed by atoms with van der Waals surface area (Å²) in [6, 6.07) is 9.37. The van der Waals surface area contributed by atoms with Gasteiger partial charge in [-0.25, -0.2) is 0 Å². The van der Waals surface area contributed by atoms with E-state index < -0.39 is 0 Å². The van der Waals surface area contributed by atoms with E-state index in [0.717, 1.165) is 14.9 Å². The molecule has 0 saturated heterocycles. The van der Waals surface area contributed by atoms with Crippen LogP contribution in [0, 0.1) is 0 Å².